The largest absolute Gasteiger partial charge is 0.497 e. The summed E-state index contributed by atoms with van der Waals surface area (Å²) in [5.41, 5.74) is 3.44. The molecule has 0 aliphatic rings. The van der Waals surface area contributed by atoms with Gasteiger partial charge in [0.15, 0.2) is 5.75 Å². The molecule has 16 nitrogen and oxygen atoms in total. The van der Waals surface area contributed by atoms with Gasteiger partial charge in [0.25, 0.3) is 14.4 Å². The van der Waals surface area contributed by atoms with E-state index in [4.69, 9.17) is 38.0 Å². The van der Waals surface area contributed by atoms with E-state index in [1.165, 1.54) is 0 Å². The van der Waals surface area contributed by atoms with Gasteiger partial charge in [0.05, 0.1) is 64.4 Å². The standard InChI is InChI=1S/C59H67N6O10P/c1-43(2)65(44(3)4)76(73-40-14-35-60)74-41-37-62-57(67)45-21-27-50(28-22-45)63-64-54-34-33-53(75-58(68)46-16-9-7-10-17-46)42-55(54)71-38-13-20-56(66)61-36-15-39-72-59(47-18-11-8-12-19-47,48-23-29-51(69-5)30-24-48)49-25-31-52(70-6)32-26-49/h7-12,16-19,21-34,42-44H,13-15,20,36-41H2,1-6H3,(H,61,66)(H,62,67)/b64-63+. The Labute approximate surface area is 447 Å². The Kier molecular flexibility index (Phi) is 22.9. The van der Waals surface area contributed by atoms with Crippen LogP contribution in [0.5, 0.6) is 23.0 Å². The minimum atomic E-state index is -1.43. The van der Waals surface area contributed by atoms with Crippen LogP contribution in [0, 0.1) is 11.3 Å². The molecule has 76 heavy (non-hydrogen) atoms. The van der Waals surface area contributed by atoms with E-state index >= 15 is 0 Å². The molecule has 0 heterocycles. The number of azo groups is 1. The second-order valence-corrected chi connectivity index (χ2v) is 19.2. The van der Waals surface area contributed by atoms with Crippen LogP contribution in [0.1, 0.15) is 90.8 Å². The van der Waals surface area contributed by atoms with Gasteiger partial charge >= 0.3 is 5.97 Å². The highest BCUT2D eigenvalue weighted by molar-refractivity contribution is 7.44. The van der Waals surface area contributed by atoms with Crippen molar-refractivity contribution in [3.8, 4) is 29.1 Å². The number of ether oxygens (including phenoxy) is 5. The lowest BCUT2D eigenvalue weighted by Gasteiger charge is -2.36. The fraction of sp³-hybridized carbons (Fsp3) is 0.322. The fourth-order valence-electron chi connectivity index (χ4n) is 8.09. The lowest BCUT2D eigenvalue weighted by molar-refractivity contribution is -0.121. The molecule has 0 fully saturated rings. The summed E-state index contributed by atoms with van der Waals surface area (Å²) in [7, 11) is 1.84. The number of hydrogen-bond donors (Lipinski definition) is 2. The van der Waals surface area contributed by atoms with Crippen molar-refractivity contribution in [2.45, 2.75) is 71.1 Å². The third kappa shape index (κ3) is 16.7. The summed E-state index contributed by atoms with van der Waals surface area (Å²) in [6.07, 6.45) is 1.36. The maximum absolute atomic E-state index is 13.1. The van der Waals surface area contributed by atoms with Crippen molar-refractivity contribution in [2.75, 3.05) is 53.7 Å². The lowest BCUT2D eigenvalue weighted by Crippen LogP contribution is -2.34. The van der Waals surface area contributed by atoms with Crippen molar-refractivity contribution in [3.05, 3.63) is 179 Å². The van der Waals surface area contributed by atoms with Crippen LogP contribution in [0.15, 0.2) is 162 Å². The highest BCUT2D eigenvalue weighted by Crippen LogP contribution is 2.46. The van der Waals surface area contributed by atoms with E-state index in [9.17, 15) is 14.4 Å². The summed E-state index contributed by atoms with van der Waals surface area (Å²) in [6.45, 7) is 9.83. The van der Waals surface area contributed by atoms with Gasteiger partial charge in [0.1, 0.15) is 28.5 Å². The first-order valence-corrected chi connectivity index (χ1v) is 26.4. The predicted molar refractivity (Wildman–Crippen MR) is 293 cm³/mol. The highest BCUT2D eigenvalue weighted by Gasteiger charge is 2.38. The molecule has 2 amide bonds. The number of amides is 2. The van der Waals surface area contributed by atoms with E-state index < -0.39 is 20.1 Å². The van der Waals surface area contributed by atoms with Crippen LogP contribution in [0.3, 0.4) is 0 Å². The monoisotopic (exact) mass is 1050 g/mol. The Hall–Kier alpha value is -7.51. The molecule has 1 unspecified atom stereocenters. The van der Waals surface area contributed by atoms with Gasteiger partial charge in [-0.15, -0.1) is 5.11 Å². The van der Waals surface area contributed by atoms with Crippen LogP contribution < -0.4 is 29.6 Å². The number of nitriles is 1. The Morgan fingerprint density at radius 1 is 0.632 bits per heavy atom. The molecule has 0 aliphatic heterocycles. The summed E-state index contributed by atoms with van der Waals surface area (Å²) in [5, 5.41) is 23.7. The molecule has 1 atom stereocenters. The molecular weight excluding hydrogens is 984 g/mol. The first kappa shape index (κ1) is 57.8. The molecule has 17 heteroatoms. The molecule has 0 aromatic heterocycles. The van der Waals surface area contributed by atoms with E-state index in [0.29, 0.717) is 48.5 Å². The third-order valence-electron chi connectivity index (χ3n) is 11.7. The van der Waals surface area contributed by atoms with Gasteiger partial charge < -0.3 is 43.4 Å². The normalized spacial score (nSPS) is 11.8. The number of esters is 1. The van der Waals surface area contributed by atoms with Crippen molar-refractivity contribution >= 4 is 37.7 Å². The zero-order chi connectivity index (χ0) is 54.1. The Bertz CT molecular complexity index is 2760. The zero-order valence-corrected chi connectivity index (χ0v) is 44.9. The third-order valence-corrected chi connectivity index (χ3v) is 13.9. The number of carbonyl (C=O) groups is 3. The van der Waals surface area contributed by atoms with Crippen LogP contribution in [0.4, 0.5) is 11.4 Å². The van der Waals surface area contributed by atoms with Gasteiger partial charge in [0, 0.05) is 43.2 Å². The van der Waals surface area contributed by atoms with Gasteiger partial charge in [-0.1, -0.05) is 72.8 Å². The summed E-state index contributed by atoms with van der Waals surface area (Å²) in [6, 6.07) is 48.2. The molecule has 0 saturated carbocycles. The molecule has 0 aliphatic carbocycles. The van der Waals surface area contributed by atoms with Crippen molar-refractivity contribution < 1.29 is 47.1 Å². The highest BCUT2D eigenvalue weighted by atomic mass is 31.2. The molecule has 0 radical (unpaired) electrons. The SMILES string of the molecule is COc1ccc(C(OCCCNC(=O)CCCOc2cc(OC(=O)c3ccccc3)ccc2/N=N/c2ccc(C(=O)NCCOP(OCCC#N)N(C(C)C)C(C)C)cc2)(c2ccccc2)c2ccc(OC)cc2)cc1. The maximum Gasteiger partial charge on any atom is 0.343 e. The van der Waals surface area contributed by atoms with Crippen LogP contribution in [0.2, 0.25) is 0 Å². The summed E-state index contributed by atoms with van der Waals surface area (Å²) in [4.78, 5) is 39.1. The zero-order valence-electron chi connectivity index (χ0n) is 44.0. The molecule has 398 valence electrons. The second-order valence-electron chi connectivity index (χ2n) is 17.8. The average Bonchev–Trinajstić information content (AvgIpc) is 3.44. The van der Waals surface area contributed by atoms with E-state index in [0.717, 1.165) is 28.2 Å². The Morgan fingerprint density at radius 2 is 1.22 bits per heavy atom. The lowest BCUT2D eigenvalue weighted by atomic mass is 9.80. The van der Waals surface area contributed by atoms with Gasteiger partial charge in [-0.25, -0.2) is 9.46 Å². The van der Waals surface area contributed by atoms with Crippen LogP contribution in [-0.4, -0.2) is 88.3 Å². The van der Waals surface area contributed by atoms with Crippen LogP contribution >= 0.6 is 8.53 Å². The van der Waals surface area contributed by atoms with Crippen molar-refractivity contribution in [2.24, 2.45) is 10.2 Å². The minimum absolute atomic E-state index is 0.147. The van der Waals surface area contributed by atoms with Crippen molar-refractivity contribution in [1.82, 2.24) is 15.3 Å². The Morgan fingerprint density at radius 3 is 1.83 bits per heavy atom. The molecule has 2 N–H and O–H groups in total. The first-order chi connectivity index (χ1) is 36.9. The van der Waals surface area contributed by atoms with Crippen LogP contribution in [-0.2, 0) is 24.2 Å². The molecular formula is C59H67N6O10P. The number of nitrogens with one attached hydrogen (secondary N) is 2. The van der Waals surface area contributed by atoms with E-state index in [2.05, 4.69) is 59.3 Å². The predicted octanol–water partition coefficient (Wildman–Crippen LogP) is 12.0. The smallest absolute Gasteiger partial charge is 0.343 e. The van der Waals surface area contributed by atoms with Crippen LogP contribution in [0.25, 0.3) is 0 Å². The summed E-state index contributed by atoms with van der Waals surface area (Å²) >= 11 is 0. The number of carbonyl (C=O) groups excluding carboxylic acids is 3. The first-order valence-electron chi connectivity index (χ1n) is 25.3. The number of nitrogens with zero attached hydrogens (tertiary/aromatic N) is 4. The second kappa shape index (κ2) is 30.1. The number of rotatable bonds is 30. The van der Waals surface area contributed by atoms with Gasteiger partial charge in [-0.3, -0.25) is 9.59 Å². The van der Waals surface area contributed by atoms with E-state index in [1.807, 2.05) is 84.9 Å². The number of benzene rings is 6. The molecule has 6 rings (SSSR count). The van der Waals surface area contributed by atoms with E-state index in [1.54, 1.807) is 80.9 Å². The van der Waals surface area contributed by atoms with Gasteiger partial charge in [-0.05, 0) is 130 Å². The summed E-state index contributed by atoms with van der Waals surface area (Å²) in [5.74, 6) is 1.00. The fourth-order valence-corrected chi connectivity index (χ4v) is 9.68. The average molecular weight is 1050 g/mol. The molecule has 0 spiro atoms. The number of hydrogen-bond acceptors (Lipinski definition) is 14. The van der Waals surface area contributed by atoms with Crippen molar-refractivity contribution in [1.29, 1.82) is 5.26 Å². The Balaban J connectivity index is 1.04. The van der Waals surface area contributed by atoms with Crippen molar-refractivity contribution in [3.63, 3.8) is 0 Å². The van der Waals surface area contributed by atoms with Gasteiger partial charge in [-0.2, -0.15) is 10.4 Å². The number of methoxy groups -OCH3 is 2. The minimum Gasteiger partial charge on any atom is -0.497 e. The molecule has 0 bridgehead atoms. The maximum atomic E-state index is 13.1. The topological polar surface area (TPSA) is 192 Å². The molecule has 6 aromatic carbocycles. The quantitative estimate of drug-likeness (QED) is 0.0108. The molecule has 6 aromatic rings. The van der Waals surface area contributed by atoms with E-state index in [-0.39, 0.29) is 74.6 Å². The molecule has 0 saturated heterocycles. The summed E-state index contributed by atoms with van der Waals surface area (Å²) < 4.78 is 43.8. The van der Waals surface area contributed by atoms with Gasteiger partial charge in [0.2, 0.25) is 5.91 Å².